The average molecular weight is 275 g/mol. The van der Waals surface area contributed by atoms with Crippen molar-refractivity contribution in [3.05, 3.63) is 35.9 Å². The molecule has 0 bridgehead atoms. The van der Waals surface area contributed by atoms with Gasteiger partial charge in [-0.05, 0) is 17.4 Å². The average Bonchev–Trinajstić information content (AvgIpc) is 2.80. The van der Waals surface area contributed by atoms with E-state index in [1.54, 1.807) is 4.90 Å². The highest BCUT2D eigenvalue weighted by Crippen LogP contribution is 2.31. The van der Waals surface area contributed by atoms with Gasteiger partial charge in [-0.1, -0.05) is 49.3 Å². The molecule has 20 heavy (non-hydrogen) atoms. The van der Waals surface area contributed by atoms with E-state index in [2.05, 4.69) is 19.0 Å². The quantitative estimate of drug-likeness (QED) is 0.382. The Morgan fingerprint density at radius 3 is 2.55 bits per heavy atom. The van der Waals surface area contributed by atoms with Gasteiger partial charge in [0.2, 0.25) is 5.91 Å². The maximum atomic E-state index is 12.7. The number of amides is 1. The van der Waals surface area contributed by atoms with Crippen LogP contribution < -0.4 is 5.73 Å². The molecule has 1 unspecified atom stereocenters. The number of benzene rings is 1. The molecule has 1 atom stereocenters. The maximum Gasteiger partial charge on any atom is 0.237 e. The standard InChI is InChI=1S/C15H21N3O2/c1-15(2)8-9-18(10-15)14(19)12(13(16)17-20)11-6-4-3-5-7-11/h3-7,12,20H,8-10H2,1-2H3,(H2,16,17). The van der Waals surface area contributed by atoms with Gasteiger partial charge < -0.3 is 15.8 Å². The second-order valence-electron chi connectivity index (χ2n) is 6.04. The molecule has 0 spiro atoms. The zero-order chi connectivity index (χ0) is 14.8. The third-order valence-corrected chi connectivity index (χ3v) is 3.78. The lowest BCUT2D eigenvalue weighted by atomic mass is 9.93. The zero-order valence-corrected chi connectivity index (χ0v) is 11.9. The lowest BCUT2D eigenvalue weighted by Crippen LogP contribution is -2.40. The second-order valence-corrected chi connectivity index (χ2v) is 6.04. The Kier molecular flexibility index (Phi) is 3.97. The number of amidine groups is 1. The Morgan fingerprint density at radius 1 is 1.40 bits per heavy atom. The van der Waals surface area contributed by atoms with E-state index in [0.717, 1.165) is 12.0 Å². The molecule has 1 aliphatic rings. The molecule has 1 aromatic rings. The highest BCUT2D eigenvalue weighted by atomic mass is 16.4. The highest BCUT2D eigenvalue weighted by molar-refractivity contribution is 6.07. The number of rotatable bonds is 3. The van der Waals surface area contributed by atoms with Gasteiger partial charge in [0.25, 0.3) is 0 Å². The van der Waals surface area contributed by atoms with Gasteiger partial charge in [-0.3, -0.25) is 4.79 Å². The van der Waals surface area contributed by atoms with Crippen LogP contribution in [0.5, 0.6) is 0 Å². The van der Waals surface area contributed by atoms with Gasteiger partial charge >= 0.3 is 0 Å². The minimum atomic E-state index is -0.713. The smallest absolute Gasteiger partial charge is 0.237 e. The molecule has 1 saturated heterocycles. The van der Waals surface area contributed by atoms with E-state index < -0.39 is 5.92 Å². The van der Waals surface area contributed by atoms with Crippen LogP contribution in [0.15, 0.2) is 35.5 Å². The van der Waals surface area contributed by atoms with Crippen molar-refractivity contribution < 1.29 is 10.0 Å². The van der Waals surface area contributed by atoms with Crippen molar-refractivity contribution in [2.75, 3.05) is 13.1 Å². The first kappa shape index (κ1) is 14.4. The summed E-state index contributed by atoms with van der Waals surface area (Å²) in [5, 5.41) is 12.0. The Morgan fingerprint density at radius 2 is 2.05 bits per heavy atom. The number of likely N-dealkylation sites (tertiary alicyclic amines) is 1. The van der Waals surface area contributed by atoms with Crippen molar-refractivity contribution in [3.8, 4) is 0 Å². The number of hydrogen-bond donors (Lipinski definition) is 2. The molecule has 3 N–H and O–H groups in total. The zero-order valence-electron chi connectivity index (χ0n) is 11.9. The van der Waals surface area contributed by atoms with Crippen molar-refractivity contribution in [1.29, 1.82) is 0 Å². The first-order valence-electron chi connectivity index (χ1n) is 6.76. The first-order chi connectivity index (χ1) is 9.44. The molecular weight excluding hydrogens is 254 g/mol. The fourth-order valence-electron chi connectivity index (χ4n) is 2.63. The van der Waals surface area contributed by atoms with Gasteiger partial charge in [0.1, 0.15) is 5.92 Å². The summed E-state index contributed by atoms with van der Waals surface area (Å²) < 4.78 is 0. The fraction of sp³-hybridized carbons (Fsp3) is 0.467. The van der Waals surface area contributed by atoms with Crippen LogP contribution in [0.4, 0.5) is 0 Å². The number of hydrogen-bond acceptors (Lipinski definition) is 3. The molecule has 0 saturated carbocycles. The molecule has 1 heterocycles. The largest absolute Gasteiger partial charge is 0.409 e. The van der Waals surface area contributed by atoms with Gasteiger partial charge in [0, 0.05) is 13.1 Å². The summed E-state index contributed by atoms with van der Waals surface area (Å²) in [4.78, 5) is 14.5. The third-order valence-electron chi connectivity index (χ3n) is 3.78. The van der Waals surface area contributed by atoms with Crippen LogP contribution in [0.2, 0.25) is 0 Å². The van der Waals surface area contributed by atoms with Crippen molar-refractivity contribution in [3.63, 3.8) is 0 Å². The van der Waals surface area contributed by atoms with E-state index in [9.17, 15) is 4.79 Å². The van der Waals surface area contributed by atoms with E-state index in [1.165, 1.54) is 0 Å². The van der Waals surface area contributed by atoms with E-state index in [-0.39, 0.29) is 17.2 Å². The van der Waals surface area contributed by atoms with Gasteiger partial charge in [0.05, 0.1) is 0 Å². The Hall–Kier alpha value is -2.04. The van der Waals surface area contributed by atoms with Gasteiger partial charge in [-0.15, -0.1) is 0 Å². The van der Waals surface area contributed by atoms with Crippen molar-refractivity contribution in [2.24, 2.45) is 16.3 Å². The first-order valence-corrected chi connectivity index (χ1v) is 6.76. The predicted molar refractivity (Wildman–Crippen MR) is 77.6 cm³/mol. The molecule has 2 rings (SSSR count). The van der Waals surface area contributed by atoms with E-state index in [4.69, 9.17) is 10.9 Å². The van der Waals surface area contributed by atoms with Gasteiger partial charge in [-0.25, -0.2) is 0 Å². The molecule has 108 valence electrons. The van der Waals surface area contributed by atoms with Gasteiger partial charge in [-0.2, -0.15) is 0 Å². The summed E-state index contributed by atoms with van der Waals surface area (Å²) in [5.41, 5.74) is 6.61. The Labute approximate surface area is 119 Å². The lowest BCUT2D eigenvalue weighted by molar-refractivity contribution is -0.130. The summed E-state index contributed by atoms with van der Waals surface area (Å²) in [7, 11) is 0. The molecule has 0 radical (unpaired) electrons. The lowest BCUT2D eigenvalue weighted by Gasteiger charge is -2.24. The van der Waals surface area contributed by atoms with Crippen LogP contribution in [-0.4, -0.2) is 34.9 Å². The van der Waals surface area contributed by atoms with Crippen LogP contribution in [0.1, 0.15) is 31.7 Å². The minimum Gasteiger partial charge on any atom is -0.409 e. The summed E-state index contributed by atoms with van der Waals surface area (Å²) in [6, 6.07) is 9.20. The molecule has 1 aliphatic heterocycles. The SMILES string of the molecule is CC1(C)CCN(C(=O)C(/C(N)=N/O)c2ccccc2)C1. The number of oxime groups is 1. The molecule has 1 amide bonds. The number of carbonyl (C=O) groups excluding carboxylic acids is 1. The van der Waals surface area contributed by atoms with Crippen molar-refractivity contribution in [2.45, 2.75) is 26.2 Å². The number of nitrogens with two attached hydrogens (primary N) is 1. The molecule has 5 heteroatoms. The maximum absolute atomic E-state index is 12.7. The van der Waals surface area contributed by atoms with Crippen LogP contribution in [-0.2, 0) is 4.79 Å². The topological polar surface area (TPSA) is 78.9 Å². The minimum absolute atomic E-state index is 0.0640. The number of nitrogens with zero attached hydrogens (tertiary/aromatic N) is 2. The third kappa shape index (κ3) is 2.92. The molecule has 1 aromatic carbocycles. The Bertz CT molecular complexity index is 511. The summed E-state index contributed by atoms with van der Waals surface area (Å²) in [5.74, 6) is -0.877. The summed E-state index contributed by atoms with van der Waals surface area (Å²) >= 11 is 0. The van der Waals surface area contributed by atoms with E-state index >= 15 is 0 Å². The number of carbonyl (C=O) groups is 1. The molecular formula is C15H21N3O2. The van der Waals surface area contributed by atoms with Crippen LogP contribution >= 0.6 is 0 Å². The normalized spacial score (nSPS) is 19.9. The monoisotopic (exact) mass is 275 g/mol. The molecule has 5 nitrogen and oxygen atoms in total. The van der Waals surface area contributed by atoms with Crippen LogP contribution in [0, 0.1) is 5.41 Å². The van der Waals surface area contributed by atoms with E-state index in [1.807, 2.05) is 30.3 Å². The second kappa shape index (κ2) is 5.53. The van der Waals surface area contributed by atoms with Crippen molar-refractivity contribution in [1.82, 2.24) is 4.90 Å². The molecule has 1 fully saturated rings. The highest BCUT2D eigenvalue weighted by Gasteiger charge is 2.37. The van der Waals surface area contributed by atoms with Crippen molar-refractivity contribution >= 4 is 11.7 Å². The van der Waals surface area contributed by atoms with E-state index in [0.29, 0.717) is 13.1 Å². The molecule has 0 aromatic heterocycles. The predicted octanol–water partition coefficient (Wildman–Crippen LogP) is 1.78. The van der Waals surface area contributed by atoms with Gasteiger partial charge in [0.15, 0.2) is 5.84 Å². The Balaban J connectivity index is 2.27. The van der Waals surface area contributed by atoms with Crippen LogP contribution in [0.25, 0.3) is 0 Å². The molecule has 0 aliphatic carbocycles. The summed E-state index contributed by atoms with van der Waals surface area (Å²) in [6.07, 6.45) is 0.969. The summed E-state index contributed by atoms with van der Waals surface area (Å²) in [6.45, 7) is 5.70. The fourth-order valence-corrected chi connectivity index (χ4v) is 2.63. The van der Waals surface area contributed by atoms with Crippen LogP contribution in [0.3, 0.4) is 0 Å².